The van der Waals surface area contributed by atoms with Crippen LogP contribution >= 0.6 is 0 Å². The second kappa shape index (κ2) is 12.0. The largest absolute Gasteiger partial charge is 0.548 e. The average Bonchev–Trinajstić information content (AvgIpc) is 2.75. The Kier molecular flexibility index (Phi) is 9.42. The zero-order valence-corrected chi connectivity index (χ0v) is 19.4. The van der Waals surface area contributed by atoms with Gasteiger partial charge in [-0.05, 0) is 45.2 Å². The molecule has 0 aliphatic rings. The first kappa shape index (κ1) is 25.9. The summed E-state index contributed by atoms with van der Waals surface area (Å²) in [6.07, 6.45) is -1.56. The molecule has 0 saturated carbocycles. The fraction of sp³-hybridized carbons (Fsp3) is 0.400. The molecule has 2 aromatic carbocycles. The molecule has 2 rings (SSSR count). The van der Waals surface area contributed by atoms with Gasteiger partial charge in [0.2, 0.25) is 5.91 Å². The van der Waals surface area contributed by atoms with Crippen LogP contribution in [0.15, 0.2) is 60.7 Å². The highest BCUT2D eigenvalue weighted by Crippen LogP contribution is 2.11. The van der Waals surface area contributed by atoms with Crippen LogP contribution in [-0.4, -0.2) is 41.8 Å². The number of carboxylic acid groups (broad SMARTS) is 1. The van der Waals surface area contributed by atoms with Crippen molar-refractivity contribution in [3.8, 4) is 0 Å². The molecule has 0 spiro atoms. The molecule has 3 atom stereocenters. The summed E-state index contributed by atoms with van der Waals surface area (Å²) in [5, 5.41) is 16.7. The standard InChI is InChI=1S/C25H32N2O6/c1-17(32-16-19-13-9-6-10-14-19)21(27-24(31)33-25(2,3)4)22(28)26-20(23(29)30)15-18-11-7-5-8-12-18/h5-14,17,20-21H,15-16H2,1-4H3,(H,26,28)(H,27,31)(H,29,30)/p-1/t17-,20+,21-/m1/s1. The molecule has 2 N–H and O–H groups in total. The number of carbonyl (C=O) groups excluding carboxylic acids is 3. The van der Waals surface area contributed by atoms with Crippen molar-refractivity contribution in [2.24, 2.45) is 0 Å². The molecule has 0 bridgehead atoms. The zero-order valence-electron chi connectivity index (χ0n) is 19.4. The Labute approximate surface area is 194 Å². The van der Waals surface area contributed by atoms with E-state index in [0.29, 0.717) is 0 Å². The summed E-state index contributed by atoms with van der Waals surface area (Å²) in [6.45, 7) is 6.92. The predicted octanol–water partition coefficient (Wildman–Crippen LogP) is 1.96. The minimum Gasteiger partial charge on any atom is -0.548 e. The van der Waals surface area contributed by atoms with Gasteiger partial charge in [0, 0.05) is 0 Å². The molecule has 178 valence electrons. The Morgan fingerprint density at radius 3 is 1.97 bits per heavy atom. The highest BCUT2D eigenvalue weighted by Gasteiger charge is 2.31. The molecule has 33 heavy (non-hydrogen) atoms. The molecular formula is C25H31N2O6-. The second-order valence-corrected chi connectivity index (χ2v) is 8.70. The molecule has 2 aromatic rings. The van der Waals surface area contributed by atoms with Gasteiger partial charge in [0.25, 0.3) is 0 Å². The van der Waals surface area contributed by atoms with Crippen molar-refractivity contribution < 1.29 is 29.0 Å². The van der Waals surface area contributed by atoms with Crippen molar-refractivity contribution in [1.29, 1.82) is 0 Å². The Bertz CT molecular complexity index is 911. The molecular weight excluding hydrogens is 424 g/mol. The quantitative estimate of drug-likeness (QED) is 0.566. The first-order valence-electron chi connectivity index (χ1n) is 10.8. The maximum Gasteiger partial charge on any atom is 0.408 e. The van der Waals surface area contributed by atoms with Crippen LogP contribution < -0.4 is 15.7 Å². The van der Waals surface area contributed by atoms with E-state index in [1.54, 1.807) is 52.0 Å². The van der Waals surface area contributed by atoms with Crippen molar-refractivity contribution in [1.82, 2.24) is 10.6 Å². The lowest BCUT2D eigenvalue weighted by molar-refractivity contribution is -0.308. The van der Waals surface area contributed by atoms with E-state index in [-0.39, 0.29) is 13.0 Å². The van der Waals surface area contributed by atoms with Crippen LogP contribution in [0.25, 0.3) is 0 Å². The number of hydrogen-bond acceptors (Lipinski definition) is 6. The van der Waals surface area contributed by atoms with E-state index in [1.807, 2.05) is 36.4 Å². The van der Waals surface area contributed by atoms with Crippen LogP contribution in [0.2, 0.25) is 0 Å². The van der Waals surface area contributed by atoms with Gasteiger partial charge in [-0.3, -0.25) is 4.79 Å². The Hall–Kier alpha value is -3.39. The molecule has 0 radical (unpaired) electrons. The highest BCUT2D eigenvalue weighted by atomic mass is 16.6. The lowest BCUT2D eigenvalue weighted by Crippen LogP contribution is -2.58. The molecule has 0 aliphatic heterocycles. The van der Waals surface area contributed by atoms with Gasteiger partial charge in [-0.2, -0.15) is 0 Å². The molecule has 2 amide bonds. The van der Waals surface area contributed by atoms with E-state index >= 15 is 0 Å². The number of benzene rings is 2. The third-order valence-electron chi connectivity index (χ3n) is 4.66. The van der Waals surface area contributed by atoms with E-state index in [2.05, 4.69) is 10.6 Å². The molecule has 8 nitrogen and oxygen atoms in total. The van der Waals surface area contributed by atoms with Gasteiger partial charge in [0.1, 0.15) is 11.6 Å². The van der Waals surface area contributed by atoms with E-state index < -0.39 is 41.8 Å². The van der Waals surface area contributed by atoms with Crippen LogP contribution in [-0.2, 0) is 32.1 Å². The minimum absolute atomic E-state index is 0.0350. The number of nitrogens with one attached hydrogen (secondary N) is 2. The predicted molar refractivity (Wildman–Crippen MR) is 121 cm³/mol. The van der Waals surface area contributed by atoms with Crippen LogP contribution in [0.4, 0.5) is 4.79 Å². The number of rotatable bonds is 10. The van der Waals surface area contributed by atoms with Gasteiger partial charge in [-0.25, -0.2) is 4.79 Å². The molecule has 0 aliphatic carbocycles. The molecule has 8 heteroatoms. The van der Waals surface area contributed by atoms with E-state index in [1.165, 1.54) is 0 Å². The molecule has 0 aromatic heterocycles. The topological polar surface area (TPSA) is 117 Å². The van der Waals surface area contributed by atoms with Gasteiger partial charge in [0.05, 0.1) is 24.7 Å². The summed E-state index contributed by atoms with van der Waals surface area (Å²) in [5.74, 6) is -2.15. The highest BCUT2D eigenvalue weighted by molar-refractivity contribution is 5.89. The number of amides is 2. The second-order valence-electron chi connectivity index (χ2n) is 8.70. The lowest BCUT2D eigenvalue weighted by atomic mass is 10.0. The number of ether oxygens (including phenoxy) is 2. The number of aliphatic carboxylic acids is 1. The van der Waals surface area contributed by atoms with E-state index in [0.717, 1.165) is 11.1 Å². The molecule has 0 heterocycles. The maximum atomic E-state index is 13.0. The first-order valence-corrected chi connectivity index (χ1v) is 10.8. The number of hydrogen-bond donors (Lipinski definition) is 2. The third-order valence-corrected chi connectivity index (χ3v) is 4.66. The maximum absolute atomic E-state index is 13.0. The third kappa shape index (κ3) is 9.33. The van der Waals surface area contributed by atoms with E-state index in [4.69, 9.17) is 9.47 Å². The number of carbonyl (C=O) groups is 3. The van der Waals surface area contributed by atoms with Crippen molar-refractivity contribution in [2.45, 2.75) is 64.5 Å². The molecule has 0 unspecified atom stereocenters. The fourth-order valence-electron chi connectivity index (χ4n) is 3.03. The summed E-state index contributed by atoms with van der Waals surface area (Å²) in [7, 11) is 0. The smallest absolute Gasteiger partial charge is 0.408 e. The SMILES string of the molecule is C[C@@H](OCc1ccccc1)[C@@H](NC(=O)OC(C)(C)C)C(=O)N[C@@H](Cc1ccccc1)C(=O)[O-]. The van der Waals surface area contributed by atoms with Gasteiger partial charge < -0.3 is 30.0 Å². The Morgan fingerprint density at radius 2 is 1.45 bits per heavy atom. The summed E-state index contributed by atoms with van der Waals surface area (Å²) in [5.41, 5.74) is 0.828. The van der Waals surface area contributed by atoms with Crippen LogP contribution in [0.5, 0.6) is 0 Å². The Morgan fingerprint density at radius 1 is 0.909 bits per heavy atom. The summed E-state index contributed by atoms with van der Waals surface area (Å²) in [4.78, 5) is 37.1. The van der Waals surface area contributed by atoms with Gasteiger partial charge >= 0.3 is 6.09 Å². The van der Waals surface area contributed by atoms with Crippen LogP contribution in [0.3, 0.4) is 0 Å². The first-order chi connectivity index (χ1) is 15.5. The normalized spacial score (nSPS) is 13.9. The summed E-state index contributed by atoms with van der Waals surface area (Å²) in [6, 6.07) is 15.7. The van der Waals surface area contributed by atoms with E-state index in [9.17, 15) is 19.5 Å². The van der Waals surface area contributed by atoms with Gasteiger partial charge in [-0.15, -0.1) is 0 Å². The minimum atomic E-state index is -1.43. The summed E-state index contributed by atoms with van der Waals surface area (Å²) >= 11 is 0. The number of alkyl carbamates (subject to hydrolysis) is 1. The van der Waals surface area contributed by atoms with Gasteiger partial charge in [-0.1, -0.05) is 60.7 Å². The fourth-order valence-corrected chi connectivity index (χ4v) is 3.03. The van der Waals surface area contributed by atoms with Crippen molar-refractivity contribution >= 4 is 18.0 Å². The summed E-state index contributed by atoms with van der Waals surface area (Å²) < 4.78 is 11.1. The Balaban J connectivity index is 2.13. The van der Waals surface area contributed by atoms with Crippen LogP contribution in [0, 0.1) is 0 Å². The van der Waals surface area contributed by atoms with Gasteiger partial charge in [0.15, 0.2) is 0 Å². The average molecular weight is 456 g/mol. The van der Waals surface area contributed by atoms with Crippen molar-refractivity contribution in [2.75, 3.05) is 0 Å². The van der Waals surface area contributed by atoms with Crippen molar-refractivity contribution in [3.63, 3.8) is 0 Å². The lowest BCUT2D eigenvalue weighted by Gasteiger charge is -2.29. The van der Waals surface area contributed by atoms with Crippen molar-refractivity contribution in [3.05, 3.63) is 71.8 Å². The zero-order chi connectivity index (χ0) is 24.4. The molecule has 0 saturated heterocycles. The molecule has 0 fully saturated rings. The van der Waals surface area contributed by atoms with Crippen LogP contribution in [0.1, 0.15) is 38.8 Å². The number of carboxylic acids is 1. The monoisotopic (exact) mass is 455 g/mol.